The molecular formula is C23H40O2. The highest BCUT2D eigenvalue weighted by atomic mass is 16.4. The number of allylic oxidation sites excluding steroid dienone is 6. The third-order valence-corrected chi connectivity index (χ3v) is 4.36. The Morgan fingerprint density at radius 2 is 1.36 bits per heavy atom. The smallest absolute Gasteiger partial charge is 0.303 e. The number of aliphatic carboxylic acids is 1. The van der Waals surface area contributed by atoms with Crippen LogP contribution >= 0.6 is 0 Å². The Morgan fingerprint density at radius 1 is 0.760 bits per heavy atom. The van der Waals surface area contributed by atoms with Crippen LogP contribution in [0.2, 0.25) is 0 Å². The minimum absolute atomic E-state index is 0.306. The minimum atomic E-state index is -0.682. The van der Waals surface area contributed by atoms with Gasteiger partial charge < -0.3 is 5.11 Å². The highest BCUT2D eigenvalue weighted by molar-refractivity contribution is 5.66. The van der Waals surface area contributed by atoms with Gasteiger partial charge in [0, 0.05) is 6.42 Å². The van der Waals surface area contributed by atoms with E-state index in [0.29, 0.717) is 6.42 Å². The SMILES string of the molecule is CCCCC/C(C)=C\CCCC/C=C\C/C=C\CCCCCC(=O)O. The predicted molar refractivity (Wildman–Crippen MR) is 110 cm³/mol. The van der Waals surface area contributed by atoms with Gasteiger partial charge in [-0.3, -0.25) is 4.79 Å². The number of carboxylic acid groups (broad SMARTS) is 1. The molecule has 0 unspecified atom stereocenters. The Morgan fingerprint density at radius 3 is 2.00 bits per heavy atom. The predicted octanol–water partition coefficient (Wildman–Crippen LogP) is 7.61. The van der Waals surface area contributed by atoms with Crippen molar-refractivity contribution < 1.29 is 9.90 Å². The van der Waals surface area contributed by atoms with Crippen LogP contribution in [0.5, 0.6) is 0 Å². The Kier molecular flexibility index (Phi) is 18.0. The molecule has 0 aliphatic rings. The maximum absolute atomic E-state index is 10.4. The topological polar surface area (TPSA) is 37.3 Å². The summed E-state index contributed by atoms with van der Waals surface area (Å²) in [6.07, 6.45) is 27.0. The van der Waals surface area contributed by atoms with Crippen LogP contribution in [0, 0.1) is 0 Å². The highest BCUT2D eigenvalue weighted by Gasteiger charge is 1.94. The van der Waals surface area contributed by atoms with E-state index in [9.17, 15) is 4.79 Å². The fourth-order valence-electron chi connectivity index (χ4n) is 2.73. The standard InChI is InChI=1S/C23H40O2/c1-3-4-16-19-22(2)20-17-14-12-10-8-6-5-7-9-11-13-15-18-21-23(24)25/h6-9,20H,3-5,10-19,21H2,1-2H3,(H,24,25)/b8-6-,9-7-,22-20-. The molecule has 0 heterocycles. The summed E-state index contributed by atoms with van der Waals surface area (Å²) in [7, 11) is 0. The molecule has 2 heteroatoms. The van der Waals surface area contributed by atoms with Crippen LogP contribution in [0.1, 0.15) is 104 Å². The summed E-state index contributed by atoms with van der Waals surface area (Å²) < 4.78 is 0. The summed E-state index contributed by atoms with van der Waals surface area (Å²) in [6, 6.07) is 0. The zero-order valence-corrected chi connectivity index (χ0v) is 16.6. The van der Waals surface area contributed by atoms with Gasteiger partial charge in [-0.05, 0) is 71.1 Å². The molecule has 25 heavy (non-hydrogen) atoms. The molecule has 2 nitrogen and oxygen atoms in total. The van der Waals surface area contributed by atoms with E-state index in [0.717, 1.165) is 32.1 Å². The monoisotopic (exact) mass is 348 g/mol. The van der Waals surface area contributed by atoms with Crippen LogP contribution in [0.4, 0.5) is 0 Å². The van der Waals surface area contributed by atoms with Crippen molar-refractivity contribution in [3.8, 4) is 0 Å². The summed E-state index contributed by atoms with van der Waals surface area (Å²) in [4.78, 5) is 10.4. The van der Waals surface area contributed by atoms with Crippen molar-refractivity contribution in [2.24, 2.45) is 0 Å². The summed E-state index contributed by atoms with van der Waals surface area (Å²) in [6.45, 7) is 4.53. The number of rotatable bonds is 17. The molecule has 0 saturated heterocycles. The van der Waals surface area contributed by atoms with E-state index in [1.54, 1.807) is 5.57 Å². The largest absolute Gasteiger partial charge is 0.481 e. The van der Waals surface area contributed by atoms with Crippen LogP contribution in [-0.2, 0) is 4.79 Å². The van der Waals surface area contributed by atoms with Crippen molar-refractivity contribution in [3.63, 3.8) is 0 Å². The van der Waals surface area contributed by atoms with Gasteiger partial charge in [0.25, 0.3) is 0 Å². The average molecular weight is 349 g/mol. The second kappa shape index (κ2) is 19.0. The molecule has 0 rings (SSSR count). The van der Waals surface area contributed by atoms with Crippen LogP contribution in [-0.4, -0.2) is 11.1 Å². The first-order valence-corrected chi connectivity index (χ1v) is 10.3. The molecule has 0 aliphatic heterocycles. The van der Waals surface area contributed by atoms with E-state index in [1.807, 2.05) is 0 Å². The number of unbranched alkanes of at least 4 members (excludes halogenated alkanes) is 8. The zero-order chi connectivity index (χ0) is 18.6. The molecule has 0 saturated carbocycles. The van der Waals surface area contributed by atoms with Crippen molar-refractivity contribution in [2.75, 3.05) is 0 Å². The molecule has 0 bridgehead atoms. The molecule has 1 N–H and O–H groups in total. The Bertz CT molecular complexity index is 391. The molecule has 0 radical (unpaired) electrons. The van der Waals surface area contributed by atoms with E-state index in [2.05, 4.69) is 44.2 Å². The number of carbonyl (C=O) groups is 1. The maximum atomic E-state index is 10.4. The molecule has 0 amide bonds. The van der Waals surface area contributed by atoms with E-state index < -0.39 is 5.97 Å². The molecule has 0 fully saturated rings. The molecule has 0 aromatic heterocycles. The van der Waals surface area contributed by atoms with E-state index in [1.165, 1.54) is 51.4 Å². The lowest BCUT2D eigenvalue weighted by Gasteiger charge is -2.00. The first kappa shape index (κ1) is 23.7. The van der Waals surface area contributed by atoms with Crippen LogP contribution in [0.3, 0.4) is 0 Å². The molecule has 0 aliphatic carbocycles. The van der Waals surface area contributed by atoms with Crippen molar-refractivity contribution in [1.29, 1.82) is 0 Å². The fraction of sp³-hybridized carbons (Fsp3) is 0.696. The number of hydrogen-bond acceptors (Lipinski definition) is 1. The molecule has 0 spiro atoms. The van der Waals surface area contributed by atoms with Gasteiger partial charge in [0.1, 0.15) is 0 Å². The molecule has 144 valence electrons. The average Bonchev–Trinajstić information content (AvgIpc) is 2.58. The van der Waals surface area contributed by atoms with E-state index in [-0.39, 0.29) is 0 Å². The van der Waals surface area contributed by atoms with Crippen LogP contribution < -0.4 is 0 Å². The lowest BCUT2D eigenvalue weighted by Crippen LogP contribution is -1.93. The van der Waals surface area contributed by atoms with Crippen LogP contribution in [0.25, 0.3) is 0 Å². The van der Waals surface area contributed by atoms with E-state index >= 15 is 0 Å². The summed E-state index contributed by atoms with van der Waals surface area (Å²) in [5.41, 5.74) is 1.57. The zero-order valence-electron chi connectivity index (χ0n) is 16.6. The van der Waals surface area contributed by atoms with Gasteiger partial charge in [-0.2, -0.15) is 0 Å². The maximum Gasteiger partial charge on any atom is 0.303 e. The van der Waals surface area contributed by atoms with Gasteiger partial charge in [0.15, 0.2) is 0 Å². The van der Waals surface area contributed by atoms with Gasteiger partial charge in [-0.1, -0.05) is 62.1 Å². The van der Waals surface area contributed by atoms with E-state index in [4.69, 9.17) is 5.11 Å². The molecule has 0 aromatic carbocycles. The third-order valence-electron chi connectivity index (χ3n) is 4.36. The summed E-state index contributed by atoms with van der Waals surface area (Å²) >= 11 is 0. The lowest BCUT2D eigenvalue weighted by atomic mass is 10.1. The second-order valence-electron chi connectivity index (χ2n) is 6.96. The first-order chi connectivity index (χ1) is 12.2. The highest BCUT2D eigenvalue weighted by Crippen LogP contribution is 2.11. The van der Waals surface area contributed by atoms with Gasteiger partial charge in [0.05, 0.1) is 0 Å². The molecule has 0 aromatic rings. The minimum Gasteiger partial charge on any atom is -0.481 e. The molecule has 0 atom stereocenters. The van der Waals surface area contributed by atoms with Crippen LogP contribution in [0.15, 0.2) is 36.0 Å². The Labute approximate surface area is 156 Å². The Hall–Kier alpha value is -1.31. The Balaban J connectivity index is 3.38. The third kappa shape index (κ3) is 20.6. The summed E-state index contributed by atoms with van der Waals surface area (Å²) in [5.74, 6) is -0.682. The lowest BCUT2D eigenvalue weighted by molar-refractivity contribution is -0.137. The van der Waals surface area contributed by atoms with Gasteiger partial charge >= 0.3 is 5.97 Å². The normalized spacial score (nSPS) is 12.5. The van der Waals surface area contributed by atoms with Crippen molar-refractivity contribution in [1.82, 2.24) is 0 Å². The number of hydrogen-bond donors (Lipinski definition) is 1. The summed E-state index contributed by atoms with van der Waals surface area (Å²) in [5, 5.41) is 8.54. The molecular weight excluding hydrogens is 308 g/mol. The van der Waals surface area contributed by atoms with Gasteiger partial charge in [-0.25, -0.2) is 0 Å². The second-order valence-corrected chi connectivity index (χ2v) is 6.96. The van der Waals surface area contributed by atoms with Gasteiger partial charge in [-0.15, -0.1) is 0 Å². The van der Waals surface area contributed by atoms with Crippen molar-refractivity contribution >= 4 is 5.97 Å². The fourth-order valence-corrected chi connectivity index (χ4v) is 2.73. The van der Waals surface area contributed by atoms with Gasteiger partial charge in [0.2, 0.25) is 0 Å². The van der Waals surface area contributed by atoms with Crippen molar-refractivity contribution in [3.05, 3.63) is 36.0 Å². The number of carboxylic acids is 1. The van der Waals surface area contributed by atoms with Crippen molar-refractivity contribution in [2.45, 2.75) is 104 Å². The first-order valence-electron chi connectivity index (χ1n) is 10.3. The quantitative estimate of drug-likeness (QED) is 0.217.